The quantitative estimate of drug-likeness (QED) is 0.835. The van der Waals surface area contributed by atoms with Crippen molar-refractivity contribution in [3.63, 3.8) is 0 Å². The van der Waals surface area contributed by atoms with Crippen LogP contribution < -0.4 is 5.32 Å². The Morgan fingerprint density at radius 1 is 1.20 bits per heavy atom. The number of likely N-dealkylation sites (N-methyl/N-ethyl adjacent to an activating group) is 1. The first-order chi connectivity index (χ1) is 9.70. The molecule has 1 unspecified atom stereocenters. The standard InChI is InChI=1S/C18H29NO/c1-4-19-18(13-20-16-8-6-5-7-9-16)17-12-14(2)10-11-15(17)3/h10-12,16,18-19H,4-9,13H2,1-3H3. The average molecular weight is 275 g/mol. The van der Waals surface area contributed by atoms with Gasteiger partial charge in [0.15, 0.2) is 0 Å². The Hall–Kier alpha value is -0.860. The van der Waals surface area contributed by atoms with Crippen molar-refractivity contribution < 1.29 is 4.74 Å². The van der Waals surface area contributed by atoms with Crippen LogP contribution in [0.2, 0.25) is 0 Å². The molecule has 2 rings (SSSR count). The Bertz CT molecular complexity index is 410. The van der Waals surface area contributed by atoms with Crippen molar-refractivity contribution in [3.8, 4) is 0 Å². The Kier molecular flexibility index (Phi) is 6.06. The summed E-state index contributed by atoms with van der Waals surface area (Å²) in [5.41, 5.74) is 4.07. The molecule has 0 heterocycles. The van der Waals surface area contributed by atoms with E-state index in [1.165, 1.54) is 48.8 Å². The molecule has 2 nitrogen and oxygen atoms in total. The highest BCUT2D eigenvalue weighted by molar-refractivity contribution is 5.33. The maximum Gasteiger partial charge on any atom is 0.0665 e. The van der Waals surface area contributed by atoms with Crippen LogP contribution in [0.15, 0.2) is 18.2 Å². The predicted molar refractivity (Wildman–Crippen MR) is 85.2 cm³/mol. The SMILES string of the molecule is CCNC(COC1CCCCC1)c1cc(C)ccc1C. The van der Waals surface area contributed by atoms with Crippen molar-refractivity contribution in [1.29, 1.82) is 0 Å². The molecular weight excluding hydrogens is 246 g/mol. The van der Waals surface area contributed by atoms with Crippen molar-refractivity contribution in [3.05, 3.63) is 34.9 Å². The van der Waals surface area contributed by atoms with E-state index in [4.69, 9.17) is 4.74 Å². The summed E-state index contributed by atoms with van der Waals surface area (Å²) in [4.78, 5) is 0. The van der Waals surface area contributed by atoms with Crippen LogP contribution in [-0.4, -0.2) is 19.3 Å². The number of rotatable bonds is 6. The summed E-state index contributed by atoms with van der Waals surface area (Å²) in [6.07, 6.45) is 7.01. The minimum Gasteiger partial charge on any atom is -0.376 e. The summed E-state index contributed by atoms with van der Waals surface area (Å²) in [5, 5.41) is 3.58. The molecule has 0 spiro atoms. The third-order valence-electron chi connectivity index (χ3n) is 4.31. The summed E-state index contributed by atoms with van der Waals surface area (Å²) in [7, 11) is 0. The molecule has 1 saturated carbocycles. The Morgan fingerprint density at radius 3 is 2.65 bits per heavy atom. The largest absolute Gasteiger partial charge is 0.376 e. The average Bonchev–Trinajstić information content (AvgIpc) is 2.47. The number of nitrogens with one attached hydrogen (secondary N) is 1. The van der Waals surface area contributed by atoms with Gasteiger partial charge in [0.25, 0.3) is 0 Å². The fourth-order valence-corrected chi connectivity index (χ4v) is 3.10. The highest BCUT2D eigenvalue weighted by Gasteiger charge is 2.18. The van der Waals surface area contributed by atoms with Gasteiger partial charge in [0.05, 0.1) is 18.8 Å². The first-order valence-corrected chi connectivity index (χ1v) is 8.13. The van der Waals surface area contributed by atoms with Crippen molar-refractivity contribution in [2.75, 3.05) is 13.2 Å². The fourth-order valence-electron chi connectivity index (χ4n) is 3.10. The van der Waals surface area contributed by atoms with E-state index in [-0.39, 0.29) is 0 Å². The lowest BCUT2D eigenvalue weighted by Gasteiger charge is -2.26. The van der Waals surface area contributed by atoms with E-state index in [1.54, 1.807) is 0 Å². The van der Waals surface area contributed by atoms with Gasteiger partial charge < -0.3 is 10.1 Å². The third-order valence-corrected chi connectivity index (χ3v) is 4.31. The maximum atomic E-state index is 6.18. The van der Waals surface area contributed by atoms with Gasteiger partial charge in [-0.15, -0.1) is 0 Å². The minimum atomic E-state index is 0.321. The van der Waals surface area contributed by atoms with E-state index >= 15 is 0 Å². The molecule has 0 aromatic heterocycles. The molecule has 1 N–H and O–H groups in total. The van der Waals surface area contributed by atoms with Crippen LogP contribution in [-0.2, 0) is 4.74 Å². The molecule has 0 aliphatic heterocycles. The smallest absolute Gasteiger partial charge is 0.0665 e. The first-order valence-electron chi connectivity index (χ1n) is 8.13. The first kappa shape index (κ1) is 15.5. The zero-order chi connectivity index (χ0) is 14.4. The molecule has 1 aliphatic rings. The predicted octanol–water partition coefficient (Wildman–Crippen LogP) is 4.30. The molecule has 1 fully saturated rings. The summed E-state index contributed by atoms with van der Waals surface area (Å²) in [5.74, 6) is 0. The van der Waals surface area contributed by atoms with Crippen LogP contribution in [0.25, 0.3) is 0 Å². The van der Waals surface area contributed by atoms with E-state index < -0.39 is 0 Å². The summed E-state index contributed by atoms with van der Waals surface area (Å²) < 4.78 is 6.18. The molecule has 0 radical (unpaired) electrons. The van der Waals surface area contributed by atoms with E-state index in [9.17, 15) is 0 Å². The molecule has 1 aliphatic carbocycles. The molecular formula is C18H29NO. The molecule has 0 amide bonds. The number of hydrogen-bond acceptors (Lipinski definition) is 2. The van der Waals surface area contributed by atoms with Crippen molar-refractivity contribution in [2.24, 2.45) is 0 Å². The molecule has 1 aromatic rings. The molecule has 2 heteroatoms. The van der Waals surface area contributed by atoms with Crippen molar-refractivity contribution >= 4 is 0 Å². The number of hydrogen-bond donors (Lipinski definition) is 1. The molecule has 20 heavy (non-hydrogen) atoms. The fraction of sp³-hybridized carbons (Fsp3) is 0.667. The lowest BCUT2D eigenvalue weighted by atomic mass is 9.97. The summed E-state index contributed by atoms with van der Waals surface area (Å²) >= 11 is 0. The van der Waals surface area contributed by atoms with E-state index in [0.29, 0.717) is 12.1 Å². The van der Waals surface area contributed by atoms with Gasteiger partial charge >= 0.3 is 0 Å². The van der Waals surface area contributed by atoms with Gasteiger partial charge in [0.1, 0.15) is 0 Å². The van der Waals surface area contributed by atoms with Crippen molar-refractivity contribution in [1.82, 2.24) is 5.32 Å². The van der Waals surface area contributed by atoms with Gasteiger partial charge in [-0.2, -0.15) is 0 Å². The lowest BCUT2D eigenvalue weighted by Crippen LogP contribution is -2.29. The van der Waals surface area contributed by atoms with Crippen LogP contribution in [0.3, 0.4) is 0 Å². The summed E-state index contributed by atoms with van der Waals surface area (Å²) in [6, 6.07) is 7.02. The zero-order valence-electron chi connectivity index (χ0n) is 13.2. The van der Waals surface area contributed by atoms with Crippen LogP contribution in [0.1, 0.15) is 61.8 Å². The second-order valence-corrected chi connectivity index (χ2v) is 6.06. The van der Waals surface area contributed by atoms with Crippen LogP contribution >= 0.6 is 0 Å². The second kappa shape index (κ2) is 7.80. The van der Waals surface area contributed by atoms with Crippen LogP contribution in [0.5, 0.6) is 0 Å². The van der Waals surface area contributed by atoms with E-state index in [0.717, 1.165) is 13.2 Å². The highest BCUT2D eigenvalue weighted by Crippen LogP contribution is 2.24. The van der Waals surface area contributed by atoms with Crippen molar-refractivity contribution in [2.45, 2.75) is 65.0 Å². The van der Waals surface area contributed by atoms with Gasteiger partial charge in [0.2, 0.25) is 0 Å². The number of ether oxygens (including phenoxy) is 1. The zero-order valence-corrected chi connectivity index (χ0v) is 13.2. The Balaban J connectivity index is 2.00. The van der Waals surface area contributed by atoms with E-state index in [1.807, 2.05) is 0 Å². The highest BCUT2D eigenvalue weighted by atomic mass is 16.5. The second-order valence-electron chi connectivity index (χ2n) is 6.06. The molecule has 112 valence electrons. The van der Waals surface area contributed by atoms with Gasteiger partial charge in [-0.3, -0.25) is 0 Å². The van der Waals surface area contributed by atoms with E-state index in [2.05, 4.69) is 44.3 Å². The lowest BCUT2D eigenvalue weighted by molar-refractivity contribution is 0.0157. The normalized spacial score (nSPS) is 18.1. The number of benzene rings is 1. The molecule has 0 saturated heterocycles. The molecule has 1 atom stereocenters. The summed E-state index contributed by atoms with van der Waals surface area (Å²) in [6.45, 7) is 8.29. The minimum absolute atomic E-state index is 0.321. The third kappa shape index (κ3) is 4.32. The Morgan fingerprint density at radius 2 is 1.95 bits per heavy atom. The Labute approximate surface area is 123 Å². The van der Waals surface area contributed by atoms with Gasteiger partial charge in [-0.05, 0) is 44.4 Å². The number of aryl methyl sites for hydroxylation is 2. The topological polar surface area (TPSA) is 21.3 Å². The van der Waals surface area contributed by atoms with Crippen LogP contribution in [0.4, 0.5) is 0 Å². The molecule has 0 bridgehead atoms. The van der Waals surface area contributed by atoms with Crippen LogP contribution in [0, 0.1) is 13.8 Å². The molecule has 1 aromatic carbocycles. The van der Waals surface area contributed by atoms with Gasteiger partial charge in [0, 0.05) is 0 Å². The van der Waals surface area contributed by atoms with Gasteiger partial charge in [-0.25, -0.2) is 0 Å². The monoisotopic (exact) mass is 275 g/mol. The maximum absolute atomic E-state index is 6.18. The van der Waals surface area contributed by atoms with Gasteiger partial charge in [-0.1, -0.05) is 49.9 Å².